The summed E-state index contributed by atoms with van der Waals surface area (Å²) in [7, 11) is 0. The number of aromatic hydroxyl groups is 3. The van der Waals surface area contributed by atoms with Gasteiger partial charge in [0.1, 0.15) is 17.2 Å². The van der Waals surface area contributed by atoms with Crippen molar-refractivity contribution >= 4 is 22.9 Å². The van der Waals surface area contributed by atoms with Crippen molar-refractivity contribution in [1.29, 1.82) is 0 Å². The fraction of sp³-hybridized carbons (Fsp3) is 0. The Morgan fingerprint density at radius 2 is 1.43 bits per heavy atom. The van der Waals surface area contributed by atoms with Crippen molar-refractivity contribution in [3.63, 3.8) is 0 Å². The number of hydrogen-bond acceptors (Lipinski definition) is 3. The molecule has 0 aliphatic rings. The second-order valence-corrected chi connectivity index (χ2v) is 4.80. The van der Waals surface area contributed by atoms with Gasteiger partial charge in [-0.1, -0.05) is 42.5 Å². The second-order valence-electron chi connectivity index (χ2n) is 4.80. The predicted octanol–water partition coefficient (Wildman–Crippen LogP) is 4.13. The van der Waals surface area contributed by atoms with Gasteiger partial charge in [-0.15, -0.1) is 0 Å². The predicted molar refractivity (Wildman–Crippen MR) is 84.3 cm³/mol. The summed E-state index contributed by atoms with van der Waals surface area (Å²) in [5, 5.41) is 30.4. The maximum absolute atomic E-state index is 10.0. The summed E-state index contributed by atoms with van der Waals surface area (Å²) in [6.45, 7) is 0. The van der Waals surface area contributed by atoms with Gasteiger partial charge in [-0.05, 0) is 35.4 Å². The molecule has 3 rings (SSSR count). The van der Waals surface area contributed by atoms with Gasteiger partial charge in [0.05, 0.1) is 0 Å². The Morgan fingerprint density at radius 3 is 2.19 bits per heavy atom. The fourth-order valence-electron chi connectivity index (χ4n) is 2.31. The van der Waals surface area contributed by atoms with E-state index < -0.39 is 0 Å². The molecule has 3 nitrogen and oxygen atoms in total. The Hall–Kier alpha value is -2.94. The Bertz CT molecular complexity index is 818. The quantitative estimate of drug-likeness (QED) is 0.618. The average molecular weight is 278 g/mol. The molecule has 0 atom stereocenters. The Kier molecular flexibility index (Phi) is 3.24. The van der Waals surface area contributed by atoms with Crippen molar-refractivity contribution in [2.24, 2.45) is 0 Å². The molecule has 3 aromatic rings. The van der Waals surface area contributed by atoms with E-state index in [1.54, 1.807) is 54.6 Å². The number of fused-ring (bicyclic) bond motifs is 1. The van der Waals surface area contributed by atoms with E-state index in [1.165, 1.54) is 0 Å². The molecule has 3 aromatic carbocycles. The molecule has 0 saturated heterocycles. The van der Waals surface area contributed by atoms with Crippen molar-refractivity contribution in [2.75, 3.05) is 0 Å². The van der Waals surface area contributed by atoms with E-state index in [2.05, 4.69) is 0 Å². The van der Waals surface area contributed by atoms with E-state index in [4.69, 9.17) is 0 Å². The van der Waals surface area contributed by atoms with Gasteiger partial charge < -0.3 is 15.3 Å². The van der Waals surface area contributed by atoms with E-state index in [9.17, 15) is 15.3 Å². The number of phenols is 3. The van der Waals surface area contributed by atoms with Crippen LogP contribution in [0.15, 0.2) is 54.6 Å². The molecule has 3 N–H and O–H groups in total. The van der Waals surface area contributed by atoms with Crippen molar-refractivity contribution in [2.45, 2.75) is 0 Å². The smallest absolute Gasteiger partial charge is 0.124 e. The van der Waals surface area contributed by atoms with Gasteiger partial charge in [0.25, 0.3) is 0 Å². The van der Waals surface area contributed by atoms with Gasteiger partial charge >= 0.3 is 0 Å². The molecule has 0 aromatic heterocycles. The van der Waals surface area contributed by atoms with Crippen LogP contribution >= 0.6 is 0 Å². The first-order valence-electron chi connectivity index (χ1n) is 6.56. The maximum Gasteiger partial charge on any atom is 0.124 e. The molecular formula is C18H14O3. The lowest BCUT2D eigenvalue weighted by Crippen LogP contribution is -1.81. The zero-order chi connectivity index (χ0) is 14.8. The van der Waals surface area contributed by atoms with Crippen LogP contribution in [0.2, 0.25) is 0 Å². The lowest BCUT2D eigenvalue weighted by atomic mass is 10.0. The average Bonchev–Trinajstić information content (AvgIpc) is 2.49. The highest BCUT2D eigenvalue weighted by Crippen LogP contribution is 2.34. The second kappa shape index (κ2) is 5.21. The zero-order valence-electron chi connectivity index (χ0n) is 11.2. The summed E-state index contributed by atoms with van der Waals surface area (Å²) in [4.78, 5) is 0. The molecule has 0 aliphatic carbocycles. The topological polar surface area (TPSA) is 60.7 Å². The summed E-state index contributed by atoms with van der Waals surface area (Å²) in [6.07, 6.45) is 3.76. The van der Waals surface area contributed by atoms with E-state index in [0.29, 0.717) is 10.8 Å². The van der Waals surface area contributed by atoms with Crippen LogP contribution in [0, 0.1) is 0 Å². The molecule has 0 aliphatic heterocycles. The molecule has 0 radical (unpaired) electrons. The van der Waals surface area contributed by atoms with Crippen LogP contribution in [0.4, 0.5) is 0 Å². The summed E-state index contributed by atoms with van der Waals surface area (Å²) in [5.41, 5.74) is 1.75. The minimum absolute atomic E-state index is 0.133. The first kappa shape index (κ1) is 13.1. The van der Waals surface area contributed by atoms with Crippen LogP contribution in [0.25, 0.3) is 22.9 Å². The molecule has 0 spiro atoms. The van der Waals surface area contributed by atoms with Crippen LogP contribution in [0.5, 0.6) is 17.2 Å². The van der Waals surface area contributed by atoms with Gasteiger partial charge in [0.2, 0.25) is 0 Å². The first-order valence-corrected chi connectivity index (χ1v) is 6.56. The van der Waals surface area contributed by atoms with Crippen LogP contribution in [-0.2, 0) is 0 Å². The lowest BCUT2D eigenvalue weighted by Gasteiger charge is -2.07. The van der Waals surface area contributed by atoms with E-state index in [1.807, 2.05) is 12.2 Å². The summed E-state index contributed by atoms with van der Waals surface area (Å²) < 4.78 is 0. The third kappa shape index (κ3) is 2.54. The van der Waals surface area contributed by atoms with Gasteiger partial charge in [0, 0.05) is 10.8 Å². The van der Waals surface area contributed by atoms with Crippen molar-refractivity contribution in [3.8, 4) is 17.2 Å². The van der Waals surface area contributed by atoms with Crippen LogP contribution in [0.1, 0.15) is 11.1 Å². The molecule has 0 amide bonds. The third-order valence-corrected chi connectivity index (χ3v) is 3.38. The molecule has 0 saturated carbocycles. The maximum atomic E-state index is 10.0. The summed E-state index contributed by atoms with van der Waals surface area (Å²) in [5.74, 6) is 0.497. The number of rotatable bonds is 2. The van der Waals surface area contributed by atoms with E-state index in [-0.39, 0.29) is 17.2 Å². The van der Waals surface area contributed by atoms with Crippen molar-refractivity contribution in [3.05, 3.63) is 65.7 Å². The molecule has 21 heavy (non-hydrogen) atoms. The lowest BCUT2D eigenvalue weighted by molar-refractivity contribution is 0.475. The van der Waals surface area contributed by atoms with Gasteiger partial charge in [-0.2, -0.15) is 0 Å². The van der Waals surface area contributed by atoms with E-state index >= 15 is 0 Å². The fourth-order valence-corrected chi connectivity index (χ4v) is 2.31. The Balaban J connectivity index is 2.09. The van der Waals surface area contributed by atoms with Gasteiger partial charge in [-0.25, -0.2) is 0 Å². The normalized spacial score (nSPS) is 11.2. The highest BCUT2D eigenvalue weighted by molar-refractivity contribution is 6.00. The molecule has 0 heterocycles. The summed E-state index contributed by atoms with van der Waals surface area (Å²) in [6, 6.07) is 15.3. The number of phenolic OH excluding ortho intramolecular Hbond substituents is 3. The highest BCUT2D eigenvalue weighted by Gasteiger charge is 2.07. The van der Waals surface area contributed by atoms with Crippen LogP contribution in [0.3, 0.4) is 0 Å². The first-order chi connectivity index (χ1) is 10.1. The van der Waals surface area contributed by atoms with Crippen molar-refractivity contribution in [1.82, 2.24) is 0 Å². The number of hydrogen-bond donors (Lipinski definition) is 3. The minimum Gasteiger partial charge on any atom is -0.508 e. The van der Waals surface area contributed by atoms with Crippen LogP contribution < -0.4 is 0 Å². The third-order valence-electron chi connectivity index (χ3n) is 3.38. The number of benzene rings is 3. The van der Waals surface area contributed by atoms with Gasteiger partial charge in [-0.3, -0.25) is 0 Å². The molecule has 0 unspecified atom stereocenters. The minimum atomic E-state index is 0.133. The molecule has 0 fully saturated rings. The SMILES string of the molecule is Oc1ccc(C=Cc2ccc(O)c3cccc(O)c23)cc1. The standard InChI is InChI=1S/C18H14O3/c19-14-9-5-12(6-10-14)4-7-13-8-11-16(20)15-2-1-3-17(21)18(13)15/h1-11,19-21H. The largest absolute Gasteiger partial charge is 0.508 e. The Labute approximate surface area is 122 Å². The van der Waals surface area contributed by atoms with Crippen molar-refractivity contribution < 1.29 is 15.3 Å². The molecule has 0 bridgehead atoms. The Morgan fingerprint density at radius 1 is 0.667 bits per heavy atom. The highest BCUT2D eigenvalue weighted by atomic mass is 16.3. The molecule has 104 valence electrons. The monoisotopic (exact) mass is 278 g/mol. The van der Waals surface area contributed by atoms with Crippen LogP contribution in [-0.4, -0.2) is 15.3 Å². The molecular weight excluding hydrogens is 264 g/mol. The van der Waals surface area contributed by atoms with E-state index in [0.717, 1.165) is 11.1 Å². The molecule has 3 heteroatoms. The van der Waals surface area contributed by atoms with Gasteiger partial charge in [0.15, 0.2) is 0 Å². The summed E-state index contributed by atoms with van der Waals surface area (Å²) >= 11 is 0. The zero-order valence-corrected chi connectivity index (χ0v) is 11.2.